The summed E-state index contributed by atoms with van der Waals surface area (Å²) in [6.45, 7) is 1.31. The van der Waals surface area contributed by atoms with Crippen molar-refractivity contribution in [3.63, 3.8) is 0 Å². The highest BCUT2D eigenvalue weighted by atomic mass is 35.5. The van der Waals surface area contributed by atoms with Crippen LogP contribution in [0.15, 0.2) is 53.4 Å². The summed E-state index contributed by atoms with van der Waals surface area (Å²) in [6.07, 6.45) is -4.61. The Hall–Kier alpha value is -1.61. The molecular formula is C16H18ClF3N2O2S. The molecule has 0 radical (unpaired) electrons. The van der Waals surface area contributed by atoms with Gasteiger partial charge in [0.25, 0.3) is 0 Å². The van der Waals surface area contributed by atoms with Crippen LogP contribution in [0.1, 0.15) is 22.7 Å². The first-order valence-electron chi connectivity index (χ1n) is 7.09. The molecular weight excluding hydrogens is 377 g/mol. The van der Waals surface area contributed by atoms with Gasteiger partial charge in [-0.3, -0.25) is 0 Å². The van der Waals surface area contributed by atoms with Crippen molar-refractivity contribution in [2.45, 2.75) is 24.0 Å². The van der Waals surface area contributed by atoms with E-state index in [2.05, 4.69) is 4.72 Å². The molecule has 0 amide bonds. The highest BCUT2D eigenvalue weighted by Gasteiger charge is 2.32. The first-order chi connectivity index (χ1) is 11.1. The number of nitrogens with two attached hydrogens (primary N) is 1. The number of benzene rings is 2. The van der Waals surface area contributed by atoms with Crippen LogP contribution in [0, 0.1) is 6.92 Å². The summed E-state index contributed by atoms with van der Waals surface area (Å²) in [5.74, 6) is 0. The zero-order chi connectivity index (χ0) is 18.0. The van der Waals surface area contributed by atoms with Crippen LogP contribution in [0.5, 0.6) is 0 Å². The van der Waals surface area contributed by atoms with E-state index in [0.29, 0.717) is 6.07 Å². The molecule has 1 atom stereocenters. The molecule has 2 rings (SSSR count). The van der Waals surface area contributed by atoms with Gasteiger partial charge < -0.3 is 5.73 Å². The maximum atomic E-state index is 12.8. The van der Waals surface area contributed by atoms with Crippen LogP contribution in [-0.2, 0) is 16.2 Å². The van der Waals surface area contributed by atoms with E-state index in [1.165, 1.54) is 6.92 Å². The zero-order valence-electron chi connectivity index (χ0n) is 13.2. The summed E-state index contributed by atoms with van der Waals surface area (Å²) >= 11 is 0. The fourth-order valence-corrected chi connectivity index (χ4v) is 3.49. The molecule has 2 aromatic rings. The minimum absolute atomic E-state index is 0. The Labute approximate surface area is 150 Å². The lowest BCUT2D eigenvalue weighted by atomic mass is 10.1. The number of hydrogen-bond acceptors (Lipinski definition) is 3. The lowest BCUT2D eigenvalue weighted by Gasteiger charge is -2.15. The maximum Gasteiger partial charge on any atom is 0.416 e. The Morgan fingerprint density at radius 2 is 1.72 bits per heavy atom. The second-order valence-electron chi connectivity index (χ2n) is 5.35. The summed E-state index contributed by atoms with van der Waals surface area (Å²) in [5.41, 5.74) is 5.85. The molecule has 0 bridgehead atoms. The fraction of sp³-hybridized carbons (Fsp3) is 0.250. The van der Waals surface area contributed by atoms with E-state index < -0.39 is 32.7 Å². The molecule has 0 aromatic heterocycles. The molecule has 138 valence electrons. The predicted molar refractivity (Wildman–Crippen MR) is 92.0 cm³/mol. The number of hydrogen-bond donors (Lipinski definition) is 2. The van der Waals surface area contributed by atoms with Gasteiger partial charge in [-0.25, -0.2) is 13.1 Å². The fourth-order valence-electron chi connectivity index (χ4n) is 2.16. The predicted octanol–water partition coefficient (Wildman–Crippen LogP) is 3.41. The smallest absolute Gasteiger partial charge is 0.323 e. The third-order valence-corrected chi connectivity index (χ3v) is 5.09. The third-order valence-electron chi connectivity index (χ3n) is 3.53. The van der Waals surface area contributed by atoms with Crippen molar-refractivity contribution < 1.29 is 21.6 Å². The minimum Gasteiger partial charge on any atom is -0.323 e. The van der Waals surface area contributed by atoms with Gasteiger partial charge in [-0.15, -0.1) is 12.4 Å². The molecule has 1 unspecified atom stereocenters. The van der Waals surface area contributed by atoms with Crippen LogP contribution in [0.2, 0.25) is 0 Å². The topological polar surface area (TPSA) is 72.2 Å². The minimum atomic E-state index is -4.61. The number of rotatable bonds is 5. The Morgan fingerprint density at radius 1 is 1.12 bits per heavy atom. The van der Waals surface area contributed by atoms with E-state index in [9.17, 15) is 21.6 Å². The van der Waals surface area contributed by atoms with Gasteiger partial charge >= 0.3 is 6.18 Å². The van der Waals surface area contributed by atoms with Gasteiger partial charge in [-0.2, -0.15) is 13.2 Å². The highest BCUT2D eigenvalue weighted by Crippen LogP contribution is 2.31. The molecule has 2 aromatic carbocycles. The molecule has 0 aliphatic heterocycles. The second kappa shape index (κ2) is 8.18. The van der Waals surface area contributed by atoms with Crippen LogP contribution >= 0.6 is 12.4 Å². The molecule has 0 aliphatic rings. The van der Waals surface area contributed by atoms with Crippen molar-refractivity contribution in [3.8, 4) is 0 Å². The molecule has 0 fully saturated rings. The molecule has 9 heteroatoms. The molecule has 25 heavy (non-hydrogen) atoms. The van der Waals surface area contributed by atoms with Gasteiger partial charge in [0.2, 0.25) is 10.0 Å². The number of alkyl halides is 3. The maximum absolute atomic E-state index is 12.8. The first kappa shape index (κ1) is 21.4. The van der Waals surface area contributed by atoms with Crippen molar-refractivity contribution in [1.82, 2.24) is 4.72 Å². The van der Waals surface area contributed by atoms with Crippen molar-refractivity contribution in [1.29, 1.82) is 0 Å². The molecule has 0 saturated carbocycles. The number of nitrogens with one attached hydrogen (secondary N) is 1. The zero-order valence-corrected chi connectivity index (χ0v) is 14.9. The summed E-state index contributed by atoms with van der Waals surface area (Å²) < 4.78 is 65.3. The Bertz CT molecular complexity index is 812. The van der Waals surface area contributed by atoms with Crippen LogP contribution in [-0.4, -0.2) is 15.0 Å². The SMILES string of the molecule is Cc1ccc(C(F)(F)F)cc1S(=O)(=O)NCC(N)c1ccccc1.Cl. The first-order valence-corrected chi connectivity index (χ1v) is 8.57. The Morgan fingerprint density at radius 3 is 2.28 bits per heavy atom. The van der Waals surface area contributed by atoms with Crippen molar-refractivity contribution in [2.75, 3.05) is 6.54 Å². The van der Waals surface area contributed by atoms with Crippen LogP contribution < -0.4 is 10.5 Å². The quantitative estimate of drug-likeness (QED) is 0.816. The molecule has 3 N–H and O–H groups in total. The van der Waals surface area contributed by atoms with Crippen molar-refractivity contribution in [3.05, 3.63) is 65.2 Å². The number of halogens is 4. The van der Waals surface area contributed by atoms with Crippen LogP contribution in [0.4, 0.5) is 13.2 Å². The van der Waals surface area contributed by atoms with Crippen molar-refractivity contribution in [2.24, 2.45) is 5.73 Å². The lowest BCUT2D eigenvalue weighted by Crippen LogP contribution is -2.32. The Balaban J connectivity index is 0.00000312. The Kier molecular flexibility index (Phi) is 7.01. The van der Waals surface area contributed by atoms with E-state index in [1.54, 1.807) is 30.3 Å². The average Bonchev–Trinajstić information content (AvgIpc) is 2.52. The van der Waals surface area contributed by atoms with Gasteiger partial charge in [0.1, 0.15) is 0 Å². The summed E-state index contributed by atoms with van der Waals surface area (Å²) in [6, 6.07) is 10.8. The van der Waals surface area contributed by atoms with Crippen LogP contribution in [0.3, 0.4) is 0 Å². The van der Waals surface area contributed by atoms with Crippen molar-refractivity contribution >= 4 is 22.4 Å². The summed E-state index contributed by atoms with van der Waals surface area (Å²) in [7, 11) is -4.11. The van der Waals surface area contributed by atoms with Crippen LogP contribution in [0.25, 0.3) is 0 Å². The van der Waals surface area contributed by atoms with Gasteiger partial charge in [-0.05, 0) is 30.2 Å². The molecule has 0 spiro atoms. The normalized spacial score (nSPS) is 13.2. The standard InChI is InChI=1S/C16H17F3N2O2S.ClH/c1-11-7-8-13(16(17,18)19)9-15(11)24(22,23)21-10-14(20)12-5-3-2-4-6-12;/h2-9,14,21H,10,20H2,1H3;1H. The van der Waals surface area contributed by atoms with Gasteiger partial charge in [0.05, 0.1) is 10.5 Å². The third kappa shape index (κ3) is 5.43. The van der Waals surface area contributed by atoms with E-state index in [4.69, 9.17) is 5.73 Å². The molecule has 0 heterocycles. The molecule has 4 nitrogen and oxygen atoms in total. The van der Waals surface area contributed by atoms with Gasteiger partial charge in [0.15, 0.2) is 0 Å². The molecule has 0 aliphatic carbocycles. The summed E-state index contributed by atoms with van der Waals surface area (Å²) in [4.78, 5) is -0.405. The summed E-state index contributed by atoms with van der Waals surface area (Å²) in [5, 5.41) is 0. The monoisotopic (exact) mass is 394 g/mol. The van der Waals surface area contributed by atoms with Gasteiger partial charge in [-0.1, -0.05) is 36.4 Å². The van der Waals surface area contributed by atoms with E-state index in [1.807, 2.05) is 0 Å². The van der Waals surface area contributed by atoms with E-state index >= 15 is 0 Å². The number of aryl methyl sites for hydroxylation is 1. The van der Waals surface area contributed by atoms with E-state index in [0.717, 1.165) is 17.7 Å². The second-order valence-corrected chi connectivity index (χ2v) is 7.08. The number of sulfonamides is 1. The lowest BCUT2D eigenvalue weighted by molar-refractivity contribution is -0.137. The van der Waals surface area contributed by atoms with E-state index in [-0.39, 0.29) is 24.5 Å². The van der Waals surface area contributed by atoms with Gasteiger partial charge in [0, 0.05) is 12.6 Å². The largest absolute Gasteiger partial charge is 0.416 e. The average molecular weight is 395 g/mol. The molecule has 0 saturated heterocycles. The highest BCUT2D eigenvalue weighted by molar-refractivity contribution is 7.89.